The zero-order valence-corrected chi connectivity index (χ0v) is 71.6. The molecule has 38 heteroatoms. The molecule has 4 saturated carbocycles. The molecule has 0 radical (unpaired) electrons. The van der Waals surface area contributed by atoms with E-state index in [9.17, 15) is 91.4 Å². The molecule has 1 aromatic carbocycles. The molecule has 2 heterocycles. The zero-order chi connectivity index (χ0) is 89.7. The number of halogens is 1. The van der Waals surface area contributed by atoms with E-state index in [1.807, 2.05) is 13.0 Å². The topological polar surface area (TPSA) is 436 Å². The highest BCUT2D eigenvalue weighted by atomic mass is 19.1. The Balaban J connectivity index is 0.731. The largest absolute Gasteiger partial charge is 0.493 e. The number of hydrogen-bond donors (Lipinski definition) is 4. The maximum atomic E-state index is 18.1. The van der Waals surface area contributed by atoms with E-state index in [-0.39, 0.29) is 81.2 Å². The standard InChI is InChI=1S/C83H115FN14O23/c1-50(99)38-88(6)68(107)40-90(8)70(109)42-92(10)72(111)44-94(12)74(113)46-96(14)76(115)47-97(15)75(114)45-95(13)73(112)43-93(11)71(110)41-91(9)69(108)39-89(7)65(104)20-17-33-119-60-35-56(98-66(105)28-29-67(98)106)25-22-54(60)23-27-64(103)86-52(3)79(117)87-51(2)78(116)85-49-118-48-62(102)83-63(120-77(121-83)30-21-53-18-16-19-53)36-59-58-26-24-55-34-57(100)31-32-80(55,4)82(58,84)61(101)37-81(59,83)5/h21-22,25,28-32,34-35,51-53,58-59,61,63,77,101H,16-20,23-24,26-27,33,36-49H2,1-15H3,(H,85,116)(H,86,103)(H,87,117)/b30-21+/t51-,52-,58-,59-,61-,63+,77+,80-,81-,82-,83+/m0/s1. The minimum atomic E-state index is -2.16. The van der Waals surface area contributed by atoms with Gasteiger partial charge in [-0.3, -0.25) is 86.3 Å². The molecule has 0 bridgehead atoms. The molecule has 1 aromatic rings. The number of alkyl halides is 1. The van der Waals surface area contributed by atoms with E-state index in [1.165, 1.54) is 120 Å². The molecule has 121 heavy (non-hydrogen) atoms. The Morgan fingerprint density at radius 3 is 1.55 bits per heavy atom. The normalized spacial score (nSPS) is 23.5. The predicted molar refractivity (Wildman–Crippen MR) is 430 cm³/mol. The van der Waals surface area contributed by atoms with Gasteiger partial charge in [0.15, 0.2) is 29.1 Å². The number of benzene rings is 1. The van der Waals surface area contributed by atoms with Crippen molar-refractivity contribution in [1.29, 1.82) is 0 Å². The van der Waals surface area contributed by atoms with Crippen molar-refractivity contribution in [2.45, 2.75) is 147 Å². The lowest BCUT2D eigenvalue weighted by molar-refractivity contribution is -0.227. The number of rotatable bonds is 40. The highest BCUT2D eigenvalue weighted by molar-refractivity contribution is 6.28. The highest BCUT2D eigenvalue weighted by Crippen LogP contribution is 2.72. The van der Waals surface area contributed by atoms with Gasteiger partial charge < -0.3 is 89.0 Å². The summed E-state index contributed by atoms with van der Waals surface area (Å²) in [5, 5.41) is 19.8. The first-order chi connectivity index (χ1) is 56.8. The summed E-state index contributed by atoms with van der Waals surface area (Å²) in [7, 11) is 13.3. The van der Waals surface area contributed by atoms with E-state index >= 15 is 4.39 Å². The molecule has 5 fully saturated rings. The molecule has 0 aromatic heterocycles. The van der Waals surface area contributed by atoms with Crippen LogP contribution in [0.1, 0.15) is 104 Å². The molecule has 11 atom stereocenters. The third-order valence-corrected chi connectivity index (χ3v) is 24.2. The van der Waals surface area contributed by atoms with Crippen molar-refractivity contribution < 1.29 is 115 Å². The number of aryl methyl sites for hydroxylation is 1. The van der Waals surface area contributed by atoms with Gasteiger partial charge in [0, 0.05) is 118 Å². The Kier molecular flexibility index (Phi) is 32.0. The summed E-state index contributed by atoms with van der Waals surface area (Å²) in [6.07, 6.45) is 10.8. The number of ether oxygens (including phenoxy) is 4. The number of likely N-dealkylation sites (N-methyl/N-ethyl adjacent to an activating group) is 10. The smallest absolute Gasteiger partial charge is 0.258 e. The van der Waals surface area contributed by atoms with Crippen LogP contribution in [0, 0.1) is 28.6 Å². The maximum absolute atomic E-state index is 18.1. The number of aliphatic hydroxyl groups excluding tert-OH is 1. The highest BCUT2D eigenvalue weighted by Gasteiger charge is 2.79. The number of amides is 15. The van der Waals surface area contributed by atoms with Crippen LogP contribution in [-0.4, -0.2) is 358 Å². The maximum Gasteiger partial charge on any atom is 0.258 e. The van der Waals surface area contributed by atoms with Crippen molar-refractivity contribution in [2.24, 2.45) is 28.6 Å². The lowest BCUT2D eigenvalue weighted by Crippen LogP contribution is -2.69. The summed E-state index contributed by atoms with van der Waals surface area (Å²) in [4.78, 5) is 246. The summed E-state index contributed by atoms with van der Waals surface area (Å²) in [6, 6.07) is 2.13. The average molecular weight is 1700 g/mol. The number of allylic oxidation sites excluding steroid dienone is 5. The first kappa shape index (κ1) is 95.5. The van der Waals surface area contributed by atoms with Crippen molar-refractivity contribution in [3.8, 4) is 5.75 Å². The summed E-state index contributed by atoms with van der Waals surface area (Å²) >= 11 is 0. The van der Waals surface area contributed by atoms with Gasteiger partial charge in [0.05, 0.1) is 89.9 Å². The molecule has 2 aliphatic heterocycles. The van der Waals surface area contributed by atoms with E-state index in [4.69, 9.17) is 18.9 Å². The number of aliphatic hydroxyl groups is 1. The number of carbonyl (C=O) groups excluding carboxylic acids is 18. The van der Waals surface area contributed by atoms with Crippen molar-refractivity contribution in [3.63, 3.8) is 0 Å². The van der Waals surface area contributed by atoms with E-state index in [0.29, 0.717) is 29.9 Å². The van der Waals surface area contributed by atoms with Gasteiger partial charge in [-0.05, 0) is 121 Å². The fourth-order valence-electron chi connectivity index (χ4n) is 16.4. The van der Waals surface area contributed by atoms with Gasteiger partial charge in [0.1, 0.15) is 37.0 Å². The molecule has 0 unspecified atom stereocenters. The summed E-state index contributed by atoms with van der Waals surface area (Å²) in [5.74, 6) is -11.1. The first-order valence-electron chi connectivity index (χ1n) is 40.3. The zero-order valence-electron chi connectivity index (χ0n) is 71.6. The molecule has 37 nitrogen and oxygen atoms in total. The minimum Gasteiger partial charge on any atom is -0.493 e. The Morgan fingerprint density at radius 1 is 0.603 bits per heavy atom. The van der Waals surface area contributed by atoms with Crippen LogP contribution in [0.3, 0.4) is 0 Å². The van der Waals surface area contributed by atoms with Gasteiger partial charge in [0.25, 0.3) is 11.8 Å². The number of ketones is 3. The molecule has 0 spiro atoms. The van der Waals surface area contributed by atoms with E-state index in [2.05, 4.69) is 16.0 Å². The van der Waals surface area contributed by atoms with Gasteiger partial charge >= 0.3 is 0 Å². The summed E-state index contributed by atoms with van der Waals surface area (Å²) < 4.78 is 43.2. The number of Topliss-reactive ketones (excluding diaryl/α,β-unsaturated/α-hetero) is 2. The first-order valence-corrected chi connectivity index (χ1v) is 40.3. The molecule has 5 aliphatic carbocycles. The lowest BCUT2D eigenvalue weighted by Gasteiger charge is -2.62. The van der Waals surface area contributed by atoms with Crippen molar-refractivity contribution in [3.05, 3.63) is 71.9 Å². The van der Waals surface area contributed by atoms with Crippen LogP contribution < -0.4 is 25.6 Å². The van der Waals surface area contributed by atoms with Gasteiger partial charge in [-0.15, -0.1) is 0 Å². The van der Waals surface area contributed by atoms with E-state index in [0.717, 1.165) is 80.4 Å². The number of carbonyl (C=O) groups is 18. The minimum absolute atomic E-state index is 0.0108. The SMILES string of the molecule is CC(=O)CN(C)C(=O)CN(C)C(=O)CN(C)C(=O)CN(C)C(=O)CN(C)C(=O)CN(C)C(=O)CN(C)C(=O)CN(C)C(=O)CN(C)C(=O)CN(C)C(=O)CCCOc1cc(N2C(=O)C=CC2=O)ccc1CCC(=O)N[C@@H](C)C(=O)N[C@@H](C)C(=O)NCOCC(=O)[C@@]12O[C@H](/C=C/C3CCC3)O[C@@H]1C[C@H]1[C@@H]3CCC4=CC(=O)C=C[C@]4(C)[C@@]3(F)[C@@H](O)C[C@@]12C. The van der Waals surface area contributed by atoms with Crippen molar-refractivity contribution >= 4 is 112 Å². The summed E-state index contributed by atoms with van der Waals surface area (Å²) in [5.41, 5.74) is -5.01. The van der Waals surface area contributed by atoms with E-state index in [1.54, 1.807) is 25.1 Å². The molecule has 7 aliphatic rings. The van der Waals surface area contributed by atoms with Crippen LogP contribution in [0.2, 0.25) is 0 Å². The fourth-order valence-corrected chi connectivity index (χ4v) is 16.4. The molecule has 1 saturated heterocycles. The lowest BCUT2D eigenvalue weighted by atomic mass is 9.44. The van der Waals surface area contributed by atoms with Gasteiger partial charge in [-0.25, -0.2) is 9.29 Å². The Morgan fingerprint density at radius 2 is 1.07 bits per heavy atom. The van der Waals surface area contributed by atoms with Gasteiger partial charge in [-0.1, -0.05) is 37.1 Å². The van der Waals surface area contributed by atoms with Gasteiger partial charge in [0.2, 0.25) is 76.8 Å². The van der Waals surface area contributed by atoms with Crippen LogP contribution in [0.15, 0.2) is 66.3 Å². The number of hydrogen-bond acceptors (Lipinski definition) is 23. The Hall–Kier alpha value is -11.0. The number of fused-ring (bicyclic) bond motifs is 7. The quantitative estimate of drug-likeness (QED) is 0.0261. The van der Waals surface area contributed by atoms with Crippen LogP contribution in [0.25, 0.3) is 0 Å². The molecule has 8 rings (SSSR count). The third-order valence-electron chi connectivity index (χ3n) is 24.2. The molecule has 15 amide bonds. The second-order valence-electron chi connectivity index (χ2n) is 33.2. The third kappa shape index (κ3) is 22.4. The van der Waals surface area contributed by atoms with Crippen molar-refractivity contribution in [2.75, 3.05) is 161 Å². The second-order valence-corrected chi connectivity index (χ2v) is 33.2. The van der Waals surface area contributed by atoms with Crippen LogP contribution in [-0.2, 0) is 107 Å². The van der Waals surface area contributed by atoms with Crippen LogP contribution in [0.4, 0.5) is 10.1 Å². The molecular weight excluding hydrogens is 1580 g/mol. The monoisotopic (exact) mass is 1690 g/mol. The average Bonchev–Trinajstić information content (AvgIpc) is 1.52. The molecular formula is C83H115FN14O23. The molecule has 662 valence electrons. The number of imide groups is 1. The number of anilines is 1. The Bertz CT molecular complexity index is 4340. The van der Waals surface area contributed by atoms with Crippen LogP contribution >= 0.6 is 0 Å². The predicted octanol–water partition coefficient (Wildman–Crippen LogP) is -1.13. The summed E-state index contributed by atoms with van der Waals surface area (Å²) in [6.45, 7) is 2.19. The van der Waals surface area contributed by atoms with Crippen molar-refractivity contribution in [1.82, 2.24) is 64.9 Å². The van der Waals surface area contributed by atoms with Gasteiger partial charge in [-0.2, -0.15) is 0 Å². The second kappa shape index (κ2) is 40.6. The number of nitrogens with zero attached hydrogens (tertiary/aromatic N) is 11. The Labute approximate surface area is 702 Å². The van der Waals surface area contributed by atoms with E-state index < -0.39 is 225 Å². The van der Waals surface area contributed by atoms with Crippen LogP contribution in [0.5, 0.6) is 5.75 Å². The fraction of sp³-hybridized carbons (Fsp3) is 0.614. The molecule has 4 N–H and O–H groups in total. The number of nitrogens with one attached hydrogen (secondary N) is 3.